The van der Waals surface area contributed by atoms with Gasteiger partial charge in [-0.05, 0) is 54.8 Å². The van der Waals surface area contributed by atoms with E-state index in [1.807, 2.05) is 42.5 Å². The number of halogens is 3. The zero-order valence-corrected chi connectivity index (χ0v) is 21.2. The summed E-state index contributed by atoms with van der Waals surface area (Å²) >= 11 is 0. The smallest absolute Gasteiger partial charge is 0.186 e. The number of hydrogen-bond acceptors (Lipinski definition) is 6. The first-order valence-electron chi connectivity index (χ1n) is 10.4. The number of nitrogens with two attached hydrogens (primary N) is 2. The summed E-state index contributed by atoms with van der Waals surface area (Å²) in [4.78, 5) is 18.1. The Hall–Kier alpha value is -2.81. The fourth-order valence-electron chi connectivity index (χ4n) is 3.88. The third kappa shape index (κ3) is 7.35. The molecule has 11 heteroatoms. The molecule has 184 valence electrons. The van der Waals surface area contributed by atoms with Crippen molar-refractivity contribution >= 4 is 72.1 Å². The van der Waals surface area contributed by atoms with Crippen molar-refractivity contribution in [2.24, 2.45) is 16.5 Å². The topological polar surface area (TPSA) is 124 Å². The molecule has 2 heterocycles. The molecule has 8 nitrogen and oxygen atoms in total. The fraction of sp³-hybridized carbons (Fsp3) is 0.304. The van der Waals surface area contributed by atoms with Crippen LogP contribution in [0.2, 0.25) is 0 Å². The first-order chi connectivity index (χ1) is 15.1. The molecule has 0 saturated heterocycles. The second kappa shape index (κ2) is 13.8. The van der Waals surface area contributed by atoms with Crippen molar-refractivity contribution < 1.29 is 4.74 Å². The molecule has 0 aliphatic heterocycles. The quantitative estimate of drug-likeness (QED) is 0.320. The van der Waals surface area contributed by atoms with Crippen molar-refractivity contribution in [3.8, 4) is 5.75 Å². The van der Waals surface area contributed by atoms with E-state index in [-0.39, 0.29) is 55.3 Å². The molecular formula is C23H30Cl3N7O. The zero-order chi connectivity index (χ0) is 21.6. The molecule has 0 unspecified atom stereocenters. The van der Waals surface area contributed by atoms with E-state index in [2.05, 4.69) is 15.3 Å². The van der Waals surface area contributed by atoms with E-state index in [1.165, 1.54) is 0 Å². The van der Waals surface area contributed by atoms with Crippen LogP contribution < -0.4 is 21.5 Å². The summed E-state index contributed by atoms with van der Waals surface area (Å²) < 4.78 is 5.42. The molecule has 1 aromatic carbocycles. The third-order valence-electron chi connectivity index (χ3n) is 5.40. The molecule has 1 aliphatic carbocycles. The van der Waals surface area contributed by atoms with Crippen molar-refractivity contribution in [1.82, 2.24) is 15.0 Å². The minimum atomic E-state index is 0. The van der Waals surface area contributed by atoms with E-state index in [0.29, 0.717) is 5.82 Å². The lowest BCUT2D eigenvalue weighted by molar-refractivity contribution is 0.405. The predicted molar refractivity (Wildman–Crippen MR) is 146 cm³/mol. The van der Waals surface area contributed by atoms with Crippen molar-refractivity contribution in [2.45, 2.75) is 37.8 Å². The lowest BCUT2D eigenvalue weighted by Crippen LogP contribution is -2.38. The second-order valence-corrected chi connectivity index (χ2v) is 7.59. The normalized spacial score (nSPS) is 17.1. The van der Waals surface area contributed by atoms with E-state index in [0.717, 1.165) is 53.7 Å². The second-order valence-electron chi connectivity index (χ2n) is 7.59. The molecule has 1 aliphatic rings. The standard InChI is InChI=1S/C23H27N7O.3ClH/c1-31-16-9-10-18-17(13-16)22(28-19-6-2-3-7-20(19)29-23(24)25)30-21(27-18)11-8-15-5-4-12-26-14-15;;;/h4-5,8-14,19-20H,2-3,6-7H2,1H3,(H4,24,25,29)(H,27,28,30);3*1H/b11-8-;;;/t19-,20+;;;/m1.../s1. The van der Waals surface area contributed by atoms with Gasteiger partial charge in [0.2, 0.25) is 0 Å². The molecule has 0 radical (unpaired) electrons. The Morgan fingerprint density at radius 2 is 1.88 bits per heavy atom. The maximum atomic E-state index is 5.67. The van der Waals surface area contributed by atoms with Gasteiger partial charge < -0.3 is 21.5 Å². The molecule has 1 fully saturated rings. The van der Waals surface area contributed by atoms with E-state index in [9.17, 15) is 0 Å². The minimum absolute atomic E-state index is 0. The Kier molecular flexibility index (Phi) is 11.9. The molecular weight excluding hydrogens is 497 g/mol. The Balaban J connectivity index is 0.00000193. The first-order valence-corrected chi connectivity index (χ1v) is 10.4. The monoisotopic (exact) mass is 525 g/mol. The largest absolute Gasteiger partial charge is 0.497 e. The van der Waals surface area contributed by atoms with Gasteiger partial charge in [0.25, 0.3) is 0 Å². The Bertz CT molecular complexity index is 1110. The third-order valence-corrected chi connectivity index (χ3v) is 5.40. The summed E-state index contributed by atoms with van der Waals surface area (Å²) in [6.07, 6.45) is 11.5. The van der Waals surface area contributed by atoms with Crippen LogP contribution in [-0.2, 0) is 0 Å². The number of guanidine groups is 1. The van der Waals surface area contributed by atoms with Crippen LogP contribution in [0, 0.1) is 0 Å². The van der Waals surface area contributed by atoms with Gasteiger partial charge in [-0.25, -0.2) is 15.0 Å². The van der Waals surface area contributed by atoms with E-state index in [4.69, 9.17) is 26.2 Å². The van der Waals surface area contributed by atoms with Crippen LogP contribution >= 0.6 is 37.2 Å². The van der Waals surface area contributed by atoms with Gasteiger partial charge in [0.15, 0.2) is 11.8 Å². The molecule has 5 N–H and O–H groups in total. The number of rotatable bonds is 6. The van der Waals surface area contributed by atoms with E-state index in [1.54, 1.807) is 19.5 Å². The molecule has 34 heavy (non-hydrogen) atoms. The molecule has 1 saturated carbocycles. The number of anilines is 1. The number of aliphatic imine (C=N–C) groups is 1. The van der Waals surface area contributed by atoms with Gasteiger partial charge in [0.05, 0.1) is 24.7 Å². The maximum Gasteiger partial charge on any atom is 0.186 e. The number of hydrogen-bond donors (Lipinski definition) is 3. The number of methoxy groups -OCH3 is 1. The number of benzene rings is 1. The van der Waals surface area contributed by atoms with E-state index < -0.39 is 0 Å². The highest BCUT2D eigenvalue weighted by molar-refractivity contribution is 5.91. The van der Waals surface area contributed by atoms with Crippen LogP contribution in [0.25, 0.3) is 23.1 Å². The highest BCUT2D eigenvalue weighted by atomic mass is 35.5. The van der Waals surface area contributed by atoms with Gasteiger partial charge in [-0.2, -0.15) is 0 Å². The number of aromatic nitrogens is 3. The van der Waals surface area contributed by atoms with Crippen LogP contribution in [0.4, 0.5) is 5.82 Å². The summed E-state index contributed by atoms with van der Waals surface area (Å²) in [5.74, 6) is 2.23. The van der Waals surface area contributed by atoms with Crippen LogP contribution in [-0.4, -0.2) is 40.1 Å². The van der Waals surface area contributed by atoms with Gasteiger partial charge in [-0.15, -0.1) is 37.2 Å². The average Bonchev–Trinajstić information content (AvgIpc) is 2.79. The van der Waals surface area contributed by atoms with Crippen LogP contribution in [0.5, 0.6) is 5.75 Å². The maximum absolute atomic E-state index is 5.67. The van der Waals surface area contributed by atoms with Gasteiger partial charge in [0.1, 0.15) is 11.6 Å². The number of ether oxygens (including phenoxy) is 1. The Morgan fingerprint density at radius 3 is 2.59 bits per heavy atom. The zero-order valence-electron chi connectivity index (χ0n) is 18.8. The molecule has 0 spiro atoms. The average molecular weight is 527 g/mol. The highest BCUT2D eigenvalue weighted by Gasteiger charge is 2.26. The highest BCUT2D eigenvalue weighted by Crippen LogP contribution is 2.29. The lowest BCUT2D eigenvalue weighted by Gasteiger charge is -2.30. The Labute approximate surface area is 217 Å². The number of fused-ring (bicyclic) bond motifs is 1. The Morgan fingerprint density at radius 1 is 1.09 bits per heavy atom. The molecule has 0 amide bonds. The summed E-state index contributed by atoms with van der Waals surface area (Å²) in [5.41, 5.74) is 13.2. The number of pyridine rings is 1. The van der Waals surface area contributed by atoms with Crippen molar-refractivity contribution in [3.05, 3.63) is 54.1 Å². The number of nitrogens with zero attached hydrogens (tertiary/aromatic N) is 4. The summed E-state index contributed by atoms with van der Waals surface area (Å²) in [6.45, 7) is 0. The summed E-state index contributed by atoms with van der Waals surface area (Å²) in [6, 6.07) is 9.78. The van der Waals surface area contributed by atoms with Gasteiger partial charge in [0, 0.05) is 17.8 Å². The number of nitrogens with one attached hydrogen (secondary N) is 1. The SMILES string of the molecule is COc1ccc2nc(/C=C\c3cccnc3)nc(N[C@@H]3CCCC[C@@H]3N=C(N)N)c2c1.Cl.Cl.Cl. The minimum Gasteiger partial charge on any atom is -0.497 e. The molecule has 4 rings (SSSR count). The fourth-order valence-corrected chi connectivity index (χ4v) is 3.88. The summed E-state index contributed by atoms with van der Waals surface area (Å²) in [5, 5.41) is 4.49. The van der Waals surface area contributed by atoms with Gasteiger partial charge >= 0.3 is 0 Å². The summed E-state index contributed by atoms with van der Waals surface area (Å²) in [7, 11) is 1.65. The van der Waals surface area contributed by atoms with Crippen molar-refractivity contribution in [2.75, 3.05) is 12.4 Å². The van der Waals surface area contributed by atoms with Crippen LogP contribution in [0.15, 0.2) is 47.7 Å². The van der Waals surface area contributed by atoms with Crippen LogP contribution in [0.1, 0.15) is 37.1 Å². The molecule has 2 atom stereocenters. The van der Waals surface area contributed by atoms with E-state index >= 15 is 0 Å². The molecule has 3 aromatic rings. The predicted octanol–water partition coefficient (Wildman–Crippen LogP) is 4.47. The van der Waals surface area contributed by atoms with Crippen molar-refractivity contribution in [3.63, 3.8) is 0 Å². The van der Waals surface area contributed by atoms with Gasteiger partial charge in [-0.3, -0.25) is 4.98 Å². The lowest BCUT2D eigenvalue weighted by atomic mass is 9.90. The van der Waals surface area contributed by atoms with Crippen LogP contribution in [0.3, 0.4) is 0 Å². The first kappa shape index (κ1) is 29.2. The van der Waals surface area contributed by atoms with Crippen molar-refractivity contribution in [1.29, 1.82) is 0 Å². The molecule has 0 bridgehead atoms. The molecule has 2 aromatic heterocycles. The van der Waals surface area contributed by atoms with Gasteiger partial charge in [-0.1, -0.05) is 18.9 Å².